The van der Waals surface area contributed by atoms with Gasteiger partial charge in [0.15, 0.2) is 34.7 Å². The molecule has 3 aliphatic carbocycles. The van der Waals surface area contributed by atoms with Gasteiger partial charge in [-0.2, -0.15) is 0 Å². The maximum atomic E-state index is 14.2. The summed E-state index contributed by atoms with van der Waals surface area (Å²) in [7, 11) is 9.32. The summed E-state index contributed by atoms with van der Waals surface area (Å²) < 4.78 is 5.79. The Morgan fingerprint density at radius 3 is 2.47 bits per heavy atom. The molecule has 1 aromatic heterocycles. The predicted octanol–water partition coefficient (Wildman–Crippen LogP) is 0.434. The van der Waals surface area contributed by atoms with Crippen molar-refractivity contribution >= 4 is 40.9 Å². The summed E-state index contributed by atoms with van der Waals surface area (Å²) in [5, 5.41) is 29.3. The van der Waals surface area contributed by atoms with Crippen LogP contribution in [0.25, 0.3) is 11.3 Å². The fraction of sp³-hybridized carbons (Fsp3) is 0.467. The number of likely N-dealkylation sites (N-methyl/N-ethyl adjacent to an activating group) is 1. The Morgan fingerprint density at radius 1 is 1.16 bits per heavy atom. The van der Waals surface area contributed by atoms with E-state index in [1.807, 2.05) is 0 Å². The lowest BCUT2D eigenvalue weighted by Crippen LogP contribution is -2.74. The number of Topliss-reactive ketones (excluding diaryl/α,β-unsaturated/α-hetero) is 4. The van der Waals surface area contributed by atoms with Gasteiger partial charge in [-0.3, -0.25) is 28.9 Å². The quantitative estimate of drug-likeness (QED) is 0.240. The molecule has 0 saturated heterocycles. The topological polar surface area (TPSA) is 179 Å². The van der Waals surface area contributed by atoms with Crippen LogP contribution in [0.15, 0.2) is 27.8 Å². The zero-order valence-corrected chi connectivity index (χ0v) is 24.7. The van der Waals surface area contributed by atoms with E-state index in [1.54, 1.807) is 51.3 Å². The van der Waals surface area contributed by atoms with Gasteiger partial charge >= 0.3 is 0 Å². The van der Waals surface area contributed by atoms with Crippen LogP contribution in [0.4, 0.5) is 5.69 Å². The molecule has 1 heterocycles. The fourth-order valence-electron chi connectivity index (χ4n) is 7.03. The van der Waals surface area contributed by atoms with Gasteiger partial charge in [0.25, 0.3) is 0 Å². The molecule has 1 aromatic carbocycles. The number of furan rings is 1. The highest BCUT2D eigenvalue weighted by Crippen LogP contribution is 2.53. The van der Waals surface area contributed by atoms with Gasteiger partial charge in [0.1, 0.15) is 30.6 Å². The average Bonchev–Trinajstić information content (AvgIpc) is 3.42. The molecule has 6 atom stereocenters. The molecular formula is C30H34N4O9. The number of ketones is 4. The van der Waals surface area contributed by atoms with Crippen LogP contribution in [-0.4, -0.2) is 104 Å². The van der Waals surface area contributed by atoms with Crippen molar-refractivity contribution in [2.24, 2.45) is 28.8 Å². The lowest BCUT2D eigenvalue weighted by Gasteiger charge is -2.52. The minimum Gasteiger partial charge on any atom is -0.506 e. The molecule has 0 bridgehead atoms. The molecule has 2 aromatic rings. The van der Waals surface area contributed by atoms with Crippen LogP contribution in [0.2, 0.25) is 0 Å². The van der Waals surface area contributed by atoms with E-state index in [0.29, 0.717) is 17.0 Å². The van der Waals surface area contributed by atoms with Crippen LogP contribution in [0.5, 0.6) is 5.75 Å². The Hall–Kier alpha value is -4.36. The maximum absolute atomic E-state index is 14.2. The van der Waals surface area contributed by atoms with Crippen molar-refractivity contribution in [2.45, 2.75) is 24.5 Å². The molecule has 2 saturated carbocycles. The first-order valence-electron chi connectivity index (χ1n) is 13.8. The number of nitrogens with one attached hydrogen (secondary N) is 1. The summed E-state index contributed by atoms with van der Waals surface area (Å²) in [6.07, 6.45) is 1.49. The van der Waals surface area contributed by atoms with Crippen molar-refractivity contribution in [3.05, 3.63) is 35.1 Å². The van der Waals surface area contributed by atoms with Crippen LogP contribution in [0.3, 0.4) is 0 Å². The van der Waals surface area contributed by atoms with Crippen LogP contribution in [-0.2, 0) is 30.4 Å². The van der Waals surface area contributed by atoms with E-state index in [0.717, 1.165) is 0 Å². The van der Waals surface area contributed by atoms with Gasteiger partial charge in [0.05, 0.1) is 23.1 Å². The number of phenolic OH excluding ortho intramolecular Hbond substituents is 1. The Balaban J connectivity index is 1.65. The van der Waals surface area contributed by atoms with E-state index in [2.05, 4.69) is 15.3 Å². The Kier molecular flexibility index (Phi) is 7.51. The molecule has 0 aliphatic heterocycles. The van der Waals surface area contributed by atoms with Crippen LogP contribution < -0.4 is 10.2 Å². The number of rotatable bonds is 6. The zero-order valence-electron chi connectivity index (χ0n) is 24.7. The molecule has 1 amide bonds. The molecule has 0 spiro atoms. The van der Waals surface area contributed by atoms with E-state index < -0.39 is 70.1 Å². The second-order valence-electron chi connectivity index (χ2n) is 11.7. The van der Waals surface area contributed by atoms with Gasteiger partial charge in [0, 0.05) is 32.7 Å². The third-order valence-electron chi connectivity index (χ3n) is 8.92. The van der Waals surface area contributed by atoms with E-state index in [9.17, 15) is 34.2 Å². The first-order chi connectivity index (χ1) is 20.3. The number of oxime groups is 1. The number of anilines is 1. The molecule has 228 valence electrons. The monoisotopic (exact) mass is 594 g/mol. The summed E-state index contributed by atoms with van der Waals surface area (Å²) in [5.41, 5.74) is -1.55. The summed E-state index contributed by atoms with van der Waals surface area (Å²) in [4.78, 5) is 76.1. The SMILES string of the molecule is CNC(=O)C1C(=O)C(N(C)C)[C@@H]2C[C@@H]3Cc4c(N(C)C)cc(-c5ccc(/C=N\OC)o5)c(O)c4C(=O)C3C(=O)[C@]2(O)C1=O. The summed E-state index contributed by atoms with van der Waals surface area (Å²) in [6, 6.07) is 3.75. The summed E-state index contributed by atoms with van der Waals surface area (Å²) >= 11 is 0. The molecular weight excluding hydrogens is 560 g/mol. The van der Waals surface area contributed by atoms with Crippen molar-refractivity contribution in [2.75, 3.05) is 47.2 Å². The third kappa shape index (κ3) is 4.37. The number of amides is 1. The second-order valence-corrected chi connectivity index (χ2v) is 11.7. The van der Waals surface area contributed by atoms with E-state index in [1.165, 1.54) is 25.3 Å². The number of phenols is 1. The highest BCUT2D eigenvalue weighted by molar-refractivity contribution is 6.32. The predicted molar refractivity (Wildman–Crippen MR) is 153 cm³/mol. The first-order valence-corrected chi connectivity index (χ1v) is 13.8. The van der Waals surface area contributed by atoms with Crippen LogP contribution in [0.1, 0.15) is 28.1 Å². The van der Waals surface area contributed by atoms with Crippen molar-refractivity contribution in [3.8, 4) is 17.1 Å². The molecule has 3 unspecified atom stereocenters. The third-order valence-corrected chi connectivity index (χ3v) is 8.92. The van der Waals surface area contributed by atoms with Gasteiger partial charge in [-0.15, -0.1) is 0 Å². The molecule has 3 N–H and O–H groups in total. The number of hydrogen-bond donors (Lipinski definition) is 3. The average molecular weight is 595 g/mol. The zero-order chi connectivity index (χ0) is 31.5. The standard InChI is InChI=1S/C30H34N4O9/c1-31-29(40)22-26(37)23(34(4)5)17-10-13-9-15-18(33(2)3)11-16(19-8-7-14(43-19)12-32-42-6)24(35)21(15)25(36)20(13)27(38)30(17,41)28(22)39/h7-8,11-13,17,20,22-23,35,41H,9-10H2,1-6H3,(H,31,40)/b32-12-/t13-,17-,20?,22?,23?,30-/m0/s1. The molecule has 3 aliphatic rings. The normalized spacial score (nSPS) is 28.5. The summed E-state index contributed by atoms with van der Waals surface area (Å²) in [5.74, 6) is -9.74. The lowest BCUT2D eigenvalue weighted by molar-refractivity contribution is -0.181. The van der Waals surface area contributed by atoms with Crippen LogP contribution >= 0.6 is 0 Å². The Bertz CT molecular complexity index is 1580. The van der Waals surface area contributed by atoms with Gasteiger partial charge in [-0.1, -0.05) is 5.16 Å². The molecule has 0 radical (unpaired) electrons. The number of nitrogens with zero attached hydrogens (tertiary/aromatic N) is 3. The highest BCUT2D eigenvalue weighted by atomic mass is 16.6. The minimum absolute atomic E-state index is 0.00532. The molecule has 13 heteroatoms. The summed E-state index contributed by atoms with van der Waals surface area (Å²) in [6.45, 7) is 0. The van der Waals surface area contributed by atoms with Crippen molar-refractivity contribution in [1.29, 1.82) is 0 Å². The van der Waals surface area contributed by atoms with E-state index >= 15 is 0 Å². The highest BCUT2D eigenvalue weighted by Gasteiger charge is 2.69. The smallest absolute Gasteiger partial charge is 0.238 e. The van der Waals surface area contributed by atoms with E-state index in [-0.39, 0.29) is 29.7 Å². The minimum atomic E-state index is -2.75. The number of benzene rings is 1. The molecule has 13 nitrogen and oxygen atoms in total. The van der Waals surface area contributed by atoms with Gasteiger partial charge in [-0.05, 0) is 56.6 Å². The number of aliphatic hydroxyl groups is 1. The number of carbonyl (C=O) groups excluding carboxylic acids is 5. The van der Waals surface area contributed by atoms with Crippen molar-refractivity contribution in [1.82, 2.24) is 10.2 Å². The number of aromatic hydroxyl groups is 1. The molecule has 5 rings (SSSR count). The van der Waals surface area contributed by atoms with Gasteiger partial charge in [0.2, 0.25) is 5.91 Å². The Labute approximate surface area is 247 Å². The largest absolute Gasteiger partial charge is 0.506 e. The number of fused-ring (bicyclic) bond motifs is 3. The van der Waals surface area contributed by atoms with Gasteiger partial charge in [-0.25, -0.2) is 0 Å². The lowest BCUT2D eigenvalue weighted by atomic mass is 9.52. The molecule has 43 heavy (non-hydrogen) atoms. The van der Waals surface area contributed by atoms with E-state index in [4.69, 9.17) is 4.42 Å². The van der Waals surface area contributed by atoms with Crippen molar-refractivity contribution in [3.63, 3.8) is 0 Å². The van der Waals surface area contributed by atoms with Gasteiger partial charge < -0.3 is 29.7 Å². The first kappa shape index (κ1) is 30.1. The Morgan fingerprint density at radius 2 is 1.86 bits per heavy atom. The number of carbonyl (C=O) groups is 5. The molecule has 2 fully saturated rings. The number of hydrogen-bond acceptors (Lipinski definition) is 12. The second kappa shape index (κ2) is 10.7. The maximum Gasteiger partial charge on any atom is 0.238 e. The fourth-order valence-corrected chi connectivity index (χ4v) is 7.03. The van der Waals surface area contributed by atoms with Crippen molar-refractivity contribution < 1.29 is 43.4 Å². The van der Waals surface area contributed by atoms with Crippen LogP contribution in [0, 0.1) is 23.7 Å².